The minimum absolute atomic E-state index is 0.251. The van der Waals surface area contributed by atoms with Crippen LogP contribution >= 0.6 is 11.3 Å². The van der Waals surface area contributed by atoms with E-state index in [1.54, 1.807) is 18.3 Å². The molecule has 0 radical (unpaired) electrons. The van der Waals surface area contributed by atoms with Crippen LogP contribution in [0.25, 0.3) is 10.2 Å². The molecule has 1 aromatic heterocycles. The van der Waals surface area contributed by atoms with Crippen molar-refractivity contribution in [2.24, 2.45) is 0 Å². The molecule has 2 aliphatic rings. The number of nitrogens with one attached hydrogen (secondary N) is 1. The smallest absolute Gasteiger partial charge is 0.265 e. The standard InChI is InChI=1S/C24H28N4O2S2/c1-2-32(30)26-24(29)19-10-9-18(17-7-8-17)15-21(19)28-13-11-27(12-14-28)16-23-25-20-5-3-4-6-22(20)31-23/h3-6,9-10,15,17H,2,7-8,11-14,16H2,1H3,(H,26,29). The number of hydrogen-bond donors (Lipinski definition) is 1. The number of anilines is 1. The molecule has 168 valence electrons. The number of carbonyl (C=O) groups excluding carboxylic acids is 1. The Labute approximate surface area is 195 Å². The van der Waals surface area contributed by atoms with Crippen LogP contribution in [0.4, 0.5) is 5.69 Å². The lowest BCUT2D eigenvalue weighted by Gasteiger charge is -2.36. The summed E-state index contributed by atoms with van der Waals surface area (Å²) < 4.78 is 15.8. The zero-order valence-corrected chi connectivity index (χ0v) is 19.9. The number of nitrogens with zero attached hydrogens (tertiary/aromatic N) is 3. The van der Waals surface area contributed by atoms with Crippen LogP contribution in [-0.2, 0) is 17.5 Å². The first-order valence-corrected chi connectivity index (χ1v) is 13.4. The van der Waals surface area contributed by atoms with Crippen molar-refractivity contribution in [3.8, 4) is 0 Å². The number of piperazine rings is 1. The van der Waals surface area contributed by atoms with Gasteiger partial charge in [-0.1, -0.05) is 25.1 Å². The molecule has 5 rings (SSSR count). The molecule has 2 aromatic carbocycles. The molecule has 1 saturated heterocycles. The molecule has 6 nitrogen and oxygen atoms in total. The number of fused-ring (bicyclic) bond motifs is 1. The van der Waals surface area contributed by atoms with Crippen molar-refractivity contribution in [3.05, 3.63) is 58.6 Å². The summed E-state index contributed by atoms with van der Waals surface area (Å²) in [6, 6.07) is 14.4. The highest BCUT2D eigenvalue weighted by atomic mass is 32.2. The minimum atomic E-state index is -1.34. The molecular formula is C24H28N4O2S2. The Morgan fingerprint density at radius 1 is 1.16 bits per heavy atom. The summed E-state index contributed by atoms with van der Waals surface area (Å²) in [6.45, 7) is 6.22. The second-order valence-corrected chi connectivity index (χ2v) is 11.0. The van der Waals surface area contributed by atoms with Crippen LogP contribution in [0.3, 0.4) is 0 Å². The Balaban J connectivity index is 1.29. The van der Waals surface area contributed by atoms with Crippen molar-refractivity contribution < 1.29 is 9.00 Å². The van der Waals surface area contributed by atoms with Crippen molar-refractivity contribution in [3.63, 3.8) is 0 Å². The third-order valence-electron chi connectivity index (χ3n) is 6.19. The topological polar surface area (TPSA) is 65.5 Å². The van der Waals surface area contributed by atoms with Gasteiger partial charge in [0, 0.05) is 37.6 Å². The summed E-state index contributed by atoms with van der Waals surface area (Å²) in [5, 5.41) is 1.15. The summed E-state index contributed by atoms with van der Waals surface area (Å²) >= 11 is 1.77. The molecule has 1 unspecified atom stereocenters. The normalized spacial score (nSPS) is 18.1. The maximum absolute atomic E-state index is 12.8. The summed E-state index contributed by atoms with van der Waals surface area (Å²) in [4.78, 5) is 22.3. The summed E-state index contributed by atoms with van der Waals surface area (Å²) in [5.74, 6) is 0.779. The highest BCUT2D eigenvalue weighted by Crippen LogP contribution is 2.42. The van der Waals surface area contributed by atoms with E-state index in [2.05, 4.69) is 44.9 Å². The average molecular weight is 469 g/mol. The van der Waals surface area contributed by atoms with E-state index < -0.39 is 11.0 Å². The molecule has 1 amide bonds. The Morgan fingerprint density at radius 3 is 2.66 bits per heavy atom. The molecule has 0 bridgehead atoms. The number of benzene rings is 2. The molecular weight excluding hydrogens is 440 g/mol. The van der Waals surface area contributed by atoms with Gasteiger partial charge in [-0.2, -0.15) is 0 Å². The van der Waals surface area contributed by atoms with E-state index in [9.17, 15) is 9.00 Å². The fourth-order valence-electron chi connectivity index (χ4n) is 4.23. The van der Waals surface area contributed by atoms with Gasteiger partial charge in [0.15, 0.2) is 0 Å². The molecule has 3 aromatic rings. The van der Waals surface area contributed by atoms with Crippen molar-refractivity contribution >= 4 is 44.1 Å². The van der Waals surface area contributed by atoms with Crippen LogP contribution in [0.5, 0.6) is 0 Å². The van der Waals surface area contributed by atoms with Gasteiger partial charge in [0.05, 0.1) is 22.3 Å². The lowest BCUT2D eigenvalue weighted by Crippen LogP contribution is -2.46. The number of hydrogen-bond acceptors (Lipinski definition) is 6. The fraction of sp³-hybridized carbons (Fsp3) is 0.417. The van der Waals surface area contributed by atoms with Gasteiger partial charge in [-0.15, -0.1) is 11.3 Å². The molecule has 1 aliphatic heterocycles. The number of para-hydroxylation sites is 1. The molecule has 0 spiro atoms. The zero-order valence-electron chi connectivity index (χ0n) is 18.3. The van der Waals surface area contributed by atoms with E-state index in [4.69, 9.17) is 4.98 Å². The van der Waals surface area contributed by atoms with Gasteiger partial charge in [0.1, 0.15) is 16.0 Å². The Hall–Kier alpha value is -2.29. The SMILES string of the molecule is CCS(=O)NC(=O)c1ccc(C2CC2)cc1N1CCN(Cc2nc3ccccc3s2)CC1. The van der Waals surface area contributed by atoms with E-state index in [-0.39, 0.29) is 5.91 Å². The minimum Gasteiger partial charge on any atom is -0.368 e. The van der Waals surface area contributed by atoms with Crippen molar-refractivity contribution in [2.45, 2.75) is 32.2 Å². The number of carbonyl (C=O) groups is 1. The van der Waals surface area contributed by atoms with Gasteiger partial charge in [0.25, 0.3) is 5.91 Å². The highest BCUT2D eigenvalue weighted by Gasteiger charge is 2.28. The molecule has 1 aliphatic carbocycles. The van der Waals surface area contributed by atoms with Gasteiger partial charge in [-0.3, -0.25) is 14.4 Å². The molecule has 8 heteroatoms. The van der Waals surface area contributed by atoms with Gasteiger partial charge >= 0.3 is 0 Å². The van der Waals surface area contributed by atoms with Gasteiger partial charge in [0.2, 0.25) is 0 Å². The lowest BCUT2D eigenvalue weighted by atomic mass is 10.0. The number of aromatic nitrogens is 1. The number of thiazole rings is 1. The van der Waals surface area contributed by atoms with Crippen molar-refractivity contribution in [1.82, 2.24) is 14.6 Å². The second kappa shape index (κ2) is 9.29. The quantitative estimate of drug-likeness (QED) is 0.570. The average Bonchev–Trinajstić information content (AvgIpc) is 3.59. The monoisotopic (exact) mass is 468 g/mol. The van der Waals surface area contributed by atoms with Crippen molar-refractivity contribution in [2.75, 3.05) is 36.8 Å². The van der Waals surface area contributed by atoms with Crippen LogP contribution in [0, 0.1) is 0 Å². The first-order valence-electron chi connectivity index (χ1n) is 11.3. The fourth-order valence-corrected chi connectivity index (χ4v) is 5.70. The Kier molecular flexibility index (Phi) is 6.26. The van der Waals surface area contributed by atoms with E-state index in [0.717, 1.165) is 48.9 Å². The van der Waals surface area contributed by atoms with E-state index in [1.165, 1.54) is 23.1 Å². The predicted molar refractivity (Wildman–Crippen MR) is 132 cm³/mol. The Morgan fingerprint density at radius 2 is 1.94 bits per heavy atom. The predicted octanol–water partition coefficient (Wildman–Crippen LogP) is 3.91. The van der Waals surface area contributed by atoms with Gasteiger partial charge < -0.3 is 4.90 Å². The van der Waals surface area contributed by atoms with Gasteiger partial charge in [-0.05, 0) is 48.6 Å². The van der Waals surface area contributed by atoms with Gasteiger partial charge in [-0.25, -0.2) is 9.19 Å². The largest absolute Gasteiger partial charge is 0.368 e. The van der Waals surface area contributed by atoms with E-state index >= 15 is 0 Å². The summed E-state index contributed by atoms with van der Waals surface area (Å²) in [7, 11) is -1.34. The van der Waals surface area contributed by atoms with Crippen LogP contribution in [0.1, 0.15) is 46.6 Å². The molecule has 1 N–H and O–H groups in total. The molecule has 2 heterocycles. The lowest BCUT2D eigenvalue weighted by molar-refractivity contribution is 0.0983. The molecule has 32 heavy (non-hydrogen) atoms. The second-order valence-electron chi connectivity index (χ2n) is 8.45. The highest BCUT2D eigenvalue weighted by molar-refractivity contribution is 7.83. The maximum Gasteiger partial charge on any atom is 0.265 e. The van der Waals surface area contributed by atoms with Crippen LogP contribution in [0.2, 0.25) is 0 Å². The zero-order chi connectivity index (χ0) is 22.1. The van der Waals surface area contributed by atoms with Crippen LogP contribution in [-0.4, -0.2) is 51.9 Å². The molecule has 2 fully saturated rings. The Bertz CT molecular complexity index is 1120. The first kappa shape index (κ1) is 21.6. The van der Waals surface area contributed by atoms with E-state index in [1.807, 2.05) is 12.1 Å². The number of amides is 1. The number of rotatable bonds is 7. The van der Waals surface area contributed by atoms with Crippen molar-refractivity contribution in [1.29, 1.82) is 0 Å². The summed E-state index contributed by atoms with van der Waals surface area (Å²) in [5.41, 5.74) is 3.98. The summed E-state index contributed by atoms with van der Waals surface area (Å²) in [6.07, 6.45) is 2.45. The van der Waals surface area contributed by atoms with Crippen LogP contribution < -0.4 is 9.62 Å². The molecule has 1 atom stereocenters. The third kappa shape index (κ3) is 4.72. The maximum atomic E-state index is 12.8. The third-order valence-corrected chi connectivity index (χ3v) is 8.15. The molecule has 1 saturated carbocycles. The van der Waals surface area contributed by atoms with E-state index in [0.29, 0.717) is 17.2 Å². The first-order chi connectivity index (χ1) is 15.6. The van der Waals surface area contributed by atoms with Crippen LogP contribution in [0.15, 0.2) is 42.5 Å².